The first-order valence-electron chi connectivity index (χ1n) is 5.53. The first kappa shape index (κ1) is 8.55. The molecule has 2 fully saturated rings. The van der Waals surface area contributed by atoms with Crippen molar-refractivity contribution in [2.75, 3.05) is 0 Å². The summed E-state index contributed by atoms with van der Waals surface area (Å²) in [5.74, 6) is 1.84. The molecule has 2 aliphatic carbocycles. The molecule has 1 heteroatoms. The van der Waals surface area contributed by atoms with Gasteiger partial charge < -0.3 is 5.73 Å². The minimum absolute atomic E-state index is 0.282. The molecule has 2 aliphatic rings. The molecule has 12 heavy (non-hydrogen) atoms. The van der Waals surface area contributed by atoms with Crippen molar-refractivity contribution in [2.45, 2.75) is 57.4 Å². The fourth-order valence-electron chi connectivity index (χ4n) is 2.95. The van der Waals surface area contributed by atoms with Crippen LogP contribution in [0.4, 0.5) is 0 Å². The molecule has 0 bridgehead atoms. The van der Waals surface area contributed by atoms with Gasteiger partial charge >= 0.3 is 0 Å². The molecule has 0 aromatic heterocycles. The predicted octanol–water partition coefficient (Wildman–Crippen LogP) is 2.69. The summed E-state index contributed by atoms with van der Waals surface area (Å²) < 4.78 is 0. The van der Waals surface area contributed by atoms with Crippen molar-refractivity contribution < 1.29 is 0 Å². The van der Waals surface area contributed by atoms with Gasteiger partial charge in [-0.1, -0.05) is 39.0 Å². The van der Waals surface area contributed by atoms with Gasteiger partial charge in [-0.15, -0.1) is 0 Å². The third-order valence-electron chi connectivity index (χ3n) is 3.92. The molecule has 2 N–H and O–H groups in total. The van der Waals surface area contributed by atoms with Gasteiger partial charge in [0.2, 0.25) is 0 Å². The van der Waals surface area contributed by atoms with Crippen molar-refractivity contribution in [1.29, 1.82) is 0 Å². The molecule has 0 aliphatic heterocycles. The average molecular weight is 167 g/mol. The molecule has 70 valence electrons. The lowest BCUT2D eigenvalue weighted by atomic mass is 9.95. The number of hydrogen-bond donors (Lipinski definition) is 1. The van der Waals surface area contributed by atoms with E-state index in [4.69, 9.17) is 5.73 Å². The zero-order chi connectivity index (χ0) is 8.60. The van der Waals surface area contributed by atoms with Crippen LogP contribution >= 0.6 is 0 Å². The summed E-state index contributed by atoms with van der Waals surface area (Å²) in [5, 5.41) is 0. The fourth-order valence-corrected chi connectivity index (χ4v) is 2.95. The van der Waals surface area contributed by atoms with Crippen molar-refractivity contribution in [1.82, 2.24) is 0 Å². The first-order chi connectivity index (χ1) is 5.74. The summed E-state index contributed by atoms with van der Waals surface area (Å²) >= 11 is 0. The Morgan fingerprint density at radius 1 is 1.33 bits per heavy atom. The Balaban J connectivity index is 1.79. The van der Waals surface area contributed by atoms with E-state index in [-0.39, 0.29) is 5.54 Å². The zero-order valence-electron chi connectivity index (χ0n) is 8.18. The van der Waals surface area contributed by atoms with E-state index in [0.717, 1.165) is 11.8 Å². The van der Waals surface area contributed by atoms with E-state index >= 15 is 0 Å². The smallest absolute Gasteiger partial charge is 0.0189 e. The molecule has 0 heterocycles. The minimum Gasteiger partial charge on any atom is -0.325 e. The molecule has 2 unspecified atom stereocenters. The third kappa shape index (κ3) is 1.52. The van der Waals surface area contributed by atoms with E-state index in [9.17, 15) is 0 Å². The van der Waals surface area contributed by atoms with E-state index in [2.05, 4.69) is 6.92 Å². The van der Waals surface area contributed by atoms with Crippen molar-refractivity contribution in [3.8, 4) is 0 Å². The van der Waals surface area contributed by atoms with Crippen LogP contribution in [0.2, 0.25) is 0 Å². The van der Waals surface area contributed by atoms with E-state index < -0.39 is 0 Å². The topological polar surface area (TPSA) is 26.0 Å². The lowest BCUT2D eigenvalue weighted by Crippen LogP contribution is -2.27. The van der Waals surface area contributed by atoms with Crippen molar-refractivity contribution >= 4 is 0 Å². The summed E-state index contributed by atoms with van der Waals surface area (Å²) in [7, 11) is 0. The van der Waals surface area contributed by atoms with Crippen LogP contribution in [0.1, 0.15) is 51.9 Å². The maximum Gasteiger partial charge on any atom is 0.0189 e. The fraction of sp³-hybridized carbons (Fsp3) is 1.00. The number of nitrogens with two attached hydrogens (primary N) is 1. The Morgan fingerprint density at radius 2 is 2.00 bits per heavy atom. The van der Waals surface area contributed by atoms with E-state index in [1.165, 1.54) is 44.9 Å². The molecule has 0 aromatic carbocycles. The zero-order valence-corrected chi connectivity index (χ0v) is 8.18. The first-order valence-corrected chi connectivity index (χ1v) is 5.53. The molecule has 2 saturated carbocycles. The van der Waals surface area contributed by atoms with Gasteiger partial charge in [-0.2, -0.15) is 0 Å². The third-order valence-corrected chi connectivity index (χ3v) is 3.92. The highest BCUT2D eigenvalue weighted by Gasteiger charge is 2.50. The molecule has 2 rings (SSSR count). The highest BCUT2D eigenvalue weighted by Crippen LogP contribution is 2.49. The van der Waals surface area contributed by atoms with Crippen LogP contribution in [-0.4, -0.2) is 5.54 Å². The molecule has 2 atom stereocenters. The minimum atomic E-state index is 0.282. The predicted molar refractivity (Wildman–Crippen MR) is 51.9 cm³/mol. The van der Waals surface area contributed by atoms with Crippen molar-refractivity contribution in [3.05, 3.63) is 0 Å². The molecular weight excluding hydrogens is 146 g/mol. The second kappa shape index (κ2) is 3.02. The molecular formula is C11H21N. The Kier molecular flexibility index (Phi) is 2.16. The maximum atomic E-state index is 6.28. The van der Waals surface area contributed by atoms with Gasteiger partial charge in [0.15, 0.2) is 0 Å². The summed E-state index contributed by atoms with van der Waals surface area (Å²) in [6.07, 6.45) is 9.74. The average Bonchev–Trinajstić information content (AvgIpc) is 2.48. The Labute approximate surface area is 75.7 Å². The van der Waals surface area contributed by atoms with Crippen LogP contribution in [0.3, 0.4) is 0 Å². The normalized spacial score (nSPS) is 42.0. The van der Waals surface area contributed by atoms with E-state index in [0.29, 0.717) is 0 Å². The van der Waals surface area contributed by atoms with Gasteiger partial charge in [0.25, 0.3) is 0 Å². The second-order valence-electron chi connectivity index (χ2n) is 4.90. The van der Waals surface area contributed by atoms with Crippen LogP contribution in [0.5, 0.6) is 0 Å². The second-order valence-corrected chi connectivity index (χ2v) is 4.90. The van der Waals surface area contributed by atoms with Gasteiger partial charge in [-0.25, -0.2) is 0 Å². The van der Waals surface area contributed by atoms with Crippen LogP contribution in [0.15, 0.2) is 0 Å². The van der Waals surface area contributed by atoms with Gasteiger partial charge in [0.05, 0.1) is 0 Å². The monoisotopic (exact) mass is 167 g/mol. The number of hydrogen-bond acceptors (Lipinski definition) is 1. The molecule has 0 saturated heterocycles. The van der Waals surface area contributed by atoms with Gasteiger partial charge in [-0.3, -0.25) is 0 Å². The summed E-state index contributed by atoms with van der Waals surface area (Å²) in [6.45, 7) is 2.27. The molecule has 0 radical (unpaired) electrons. The quantitative estimate of drug-likeness (QED) is 0.687. The summed E-state index contributed by atoms with van der Waals surface area (Å²) in [4.78, 5) is 0. The summed E-state index contributed by atoms with van der Waals surface area (Å²) in [5.41, 5.74) is 6.56. The molecule has 1 nitrogen and oxygen atoms in total. The van der Waals surface area contributed by atoms with Crippen molar-refractivity contribution in [3.63, 3.8) is 0 Å². The Hall–Kier alpha value is -0.0400. The number of rotatable bonds is 3. The standard InChI is InChI=1S/C11H21N/c1-2-10-8-11(10,12)7-9-5-3-4-6-9/h9-10H,2-8,12H2,1H3. The molecule has 0 spiro atoms. The highest BCUT2D eigenvalue weighted by molar-refractivity contribution is 5.07. The van der Waals surface area contributed by atoms with E-state index in [1.54, 1.807) is 0 Å². The SMILES string of the molecule is CCC1CC1(N)CC1CCCC1. The maximum absolute atomic E-state index is 6.28. The lowest BCUT2D eigenvalue weighted by molar-refractivity contribution is 0.408. The van der Waals surface area contributed by atoms with Crippen LogP contribution in [0.25, 0.3) is 0 Å². The van der Waals surface area contributed by atoms with E-state index in [1.807, 2.05) is 0 Å². The lowest BCUT2D eigenvalue weighted by Gasteiger charge is -2.16. The van der Waals surface area contributed by atoms with Gasteiger partial charge in [-0.05, 0) is 24.7 Å². The summed E-state index contributed by atoms with van der Waals surface area (Å²) in [6, 6.07) is 0. The van der Waals surface area contributed by atoms with Crippen LogP contribution in [-0.2, 0) is 0 Å². The molecule has 0 aromatic rings. The highest BCUT2D eigenvalue weighted by atomic mass is 14.9. The van der Waals surface area contributed by atoms with Crippen molar-refractivity contribution in [2.24, 2.45) is 17.6 Å². The largest absolute Gasteiger partial charge is 0.325 e. The van der Waals surface area contributed by atoms with Crippen LogP contribution in [0, 0.1) is 11.8 Å². The molecule has 0 amide bonds. The van der Waals surface area contributed by atoms with Gasteiger partial charge in [0.1, 0.15) is 0 Å². The van der Waals surface area contributed by atoms with Crippen LogP contribution < -0.4 is 5.73 Å². The van der Waals surface area contributed by atoms with Gasteiger partial charge in [0, 0.05) is 5.54 Å². The Morgan fingerprint density at radius 3 is 2.50 bits per heavy atom. The Bertz CT molecular complexity index is 160.